The maximum absolute atomic E-state index is 12.5. The molecular weight excluding hydrogens is 386 g/mol. The number of amides is 2. The van der Waals surface area contributed by atoms with Gasteiger partial charge in [-0.2, -0.15) is 0 Å². The Hall–Kier alpha value is -2.05. The molecule has 25 heavy (non-hydrogen) atoms. The van der Waals surface area contributed by atoms with Gasteiger partial charge in [-0.15, -0.1) is 23.1 Å². The van der Waals surface area contributed by atoms with Crippen molar-refractivity contribution < 1.29 is 19.5 Å². The SMILES string of the molecule is CSN=C(C(=O)NC1C(=O)N2C=C(C(=O)O)CS[C@H]12)c1csc(N)n1. The van der Waals surface area contributed by atoms with E-state index in [1.54, 1.807) is 11.6 Å². The standard InChI is InChI=1S/C13H13N5O4S3/c1-23-17-7(6-4-25-13(14)15-6)9(19)16-8-10(20)18-2-5(12(21)22)3-24-11(8)18/h2,4,8,11H,3H2,1H3,(H2,14,15)(H,16,19)(H,21,22)/t8?,11-/m1/s1. The average molecular weight is 399 g/mol. The number of nitrogen functional groups attached to an aromatic ring is 1. The molecule has 3 rings (SSSR count). The summed E-state index contributed by atoms with van der Waals surface area (Å²) >= 11 is 3.58. The predicted octanol–water partition coefficient (Wildman–Crippen LogP) is 0.161. The highest BCUT2D eigenvalue weighted by atomic mass is 32.2. The summed E-state index contributed by atoms with van der Waals surface area (Å²) in [7, 11) is 0. The van der Waals surface area contributed by atoms with Gasteiger partial charge in [0, 0.05) is 23.6 Å². The molecule has 132 valence electrons. The quantitative estimate of drug-likeness (QED) is 0.362. The van der Waals surface area contributed by atoms with Crippen molar-refractivity contribution in [2.24, 2.45) is 4.40 Å². The van der Waals surface area contributed by atoms with Crippen LogP contribution in [-0.4, -0.2) is 61.9 Å². The summed E-state index contributed by atoms with van der Waals surface area (Å²) in [6, 6.07) is -0.730. The van der Waals surface area contributed by atoms with Crippen molar-refractivity contribution in [3.63, 3.8) is 0 Å². The number of carboxylic acids is 1. The summed E-state index contributed by atoms with van der Waals surface area (Å²) in [5.74, 6) is -1.66. The molecule has 3 heterocycles. The number of fused-ring (bicyclic) bond motifs is 1. The third kappa shape index (κ3) is 3.37. The van der Waals surface area contributed by atoms with E-state index in [2.05, 4.69) is 14.7 Å². The van der Waals surface area contributed by atoms with Gasteiger partial charge in [0.15, 0.2) is 10.8 Å². The van der Waals surface area contributed by atoms with Crippen molar-refractivity contribution in [3.05, 3.63) is 22.8 Å². The number of carboxylic acid groups (broad SMARTS) is 1. The van der Waals surface area contributed by atoms with Crippen LogP contribution in [0.2, 0.25) is 0 Å². The van der Waals surface area contributed by atoms with Crippen LogP contribution >= 0.6 is 35.0 Å². The van der Waals surface area contributed by atoms with Gasteiger partial charge >= 0.3 is 5.97 Å². The summed E-state index contributed by atoms with van der Waals surface area (Å²) in [5.41, 5.74) is 6.19. The Bertz CT molecular complexity index is 805. The summed E-state index contributed by atoms with van der Waals surface area (Å²) in [6.07, 6.45) is 3.03. The maximum atomic E-state index is 12.5. The van der Waals surface area contributed by atoms with Crippen LogP contribution in [0.1, 0.15) is 5.69 Å². The Kier molecular flexibility index (Phi) is 5.01. The highest BCUT2D eigenvalue weighted by molar-refractivity contribution is 8.00. The molecule has 12 heteroatoms. The van der Waals surface area contributed by atoms with Crippen molar-refractivity contribution in [2.45, 2.75) is 11.4 Å². The number of β-lactam (4-membered cyclic amide) rings is 1. The number of aromatic nitrogens is 1. The third-order valence-corrected chi connectivity index (χ3v) is 5.87. The average Bonchev–Trinajstić information content (AvgIpc) is 3.02. The minimum Gasteiger partial charge on any atom is -0.478 e. The first-order valence-corrected chi connectivity index (χ1v) is 10.0. The largest absolute Gasteiger partial charge is 0.478 e. The lowest BCUT2D eigenvalue weighted by Gasteiger charge is -2.46. The van der Waals surface area contributed by atoms with Crippen LogP contribution in [0.25, 0.3) is 0 Å². The molecule has 1 saturated heterocycles. The summed E-state index contributed by atoms with van der Waals surface area (Å²) in [4.78, 5) is 41.1. The number of aliphatic carboxylic acids is 1. The van der Waals surface area contributed by atoms with Crippen molar-refractivity contribution in [1.29, 1.82) is 0 Å². The molecule has 2 amide bonds. The zero-order chi connectivity index (χ0) is 18.1. The second kappa shape index (κ2) is 7.06. The molecule has 2 aliphatic rings. The third-order valence-electron chi connectivity index (χ3n) is 3.51. The second-order valence-electron chi connectivity index (χ2n) is 5.05. The molecule has 1 unspecified atom stereocenters. The van der Waals surface area contributed by atoms with Crippen molar-refractivity contribution in [1.82, 2.24) is 15.2 Å². The van der Waals surface area contributed by atoms with Crippen LogP contribution in [0.15, 0.2) is 21.6 Å². The van der Waals surface area contributed by atoms with E-state index in [4.69, 9.17) is 10.8 Å². The maximum Gasteiger partial charge on any atom is 0.333 e. The molecule has 0 aliphatic carbocycles. The fourth-order valence-electron chi connectivity index (χ4n) is 2.33. The van der Waals surface area contributed by atoms with E-state index in [0.29, 0.717) is 10.8 Å². The summed E-state index contributed by atoms with van der Waals surface area (Å²) < 4.78 is 4.07. The monoisotopic (exact) mass is 399 g/mol. The second-order valence-corrected chi connectivity index (χ2v) is 7.59. The van der Waals surface area contributed by atoms with Crippen LogP contribution in [0.3, 0.4) is 0 Å². The van der Waals surface area contributed by atoms with Crippen molar-refractivity contribution >= 4 is 63.7 Å². The first-order valence-electron chi connectivity index (χ1n) is 6.93. The smallest absolute Gasteiger partial charge is 0.333 e. The van der Waals surface area contributed by atoms with Crippen molar-refractivity contribution in [2.75, 3.05) is 17.7 Å². The highest BCUT2D eigenvalue weighted by Crippen LogP contribution is 2.36. The summed E-state index contributed by atoms with van der Waals surface area (Å²) in [6.45, 7) is 0. The number of nitrogens with two attached hydrogens (primary N) is 1. The fourth-order valence-corrected chi connectivity index (χ4v) is 4.49. The number of thioether (sulfide) groups is 1. The zero-order valence-corrected chi connectivity index (χ0v) is 15.3. The van der Waals surface area contributed by atoms with Gasteiger partial charge in [-0.05, 0) is 11.9 Å². The molecule has 2 atom stereocenters. The molecule has 2 aliphatic heterocycles. The molecule has 0 saturated carbocycles. The molecule has 0 bridgehead atoms. The van der Waals surface area contributed by atoms with Gasteiger partial charge in [0.25, 0.3) is 11.8 Å². The van der Waals surface area contributed by atoms with E-state index in [1.165, 1.54) is 34.2 Å². The Labute approximate surface area is 154 Å². The van der Waals surface area contributed by atoms with E-state index in [9.17, 15) is 14.4 Å². The highest BCUT2D eigenvalue weighted by Gasteiger charge is 2.50. The van der Waals surface area contributed by atoms with Crippen molar-refractivity contribution in [3.8, 4) is 0 Å². The number of hydrogen-bond acceptors (Lipinski definition) is 9. The molecule has 0 spiro atoms. The summed E-state index contributed by atoms with van der Waals surface area (Å²) in [5, 5.41) is 13.3. The molecule has 1 fully saturated rings. The lowest BCUT2D eigenvalue weighted by atomic mass is 10.1. The van der Waals surface area contributed by atoms with E-state index in [-0.39, 0.29) is 28.3 Å². The first-order chi connectivity index (χ1) is 11.9. The molecule has 1 aromatic heterocycles. The van der Waals surface area contributed by atoms with Crippen LogP contribution in [0.5, 0.6) is 0 Å². The Morgan fingerprint density at radius 2 is 2.32 bits per heavy atom. The Morgan fingerprint density at radius 1 is 1.56 bits per heavy atom. The molecule has 0 radical (unpaired) electrons. The first kappa shape index (κ1) is 17.8. The predicted molar refractivity (Wildman–Crippen MR) is 97.3 cm³/mol. The van der Waals surface area contributed by atoms with Gasteiger partial charge in [-0.3, -0.25) is 9.59 Å². The molecular formula is C13H13N5O4S3. The number of hydrogen-bond donors (Lipinski definition) is 3. The molecule has 0 aromatic carbocycles. The van der Waals surface area contributed by atoms with E-state index < -0.39 is 17.9 Å². The Morgan fingerprint density at radius 3 is 2.92 bits per heavy atom. The molecule has 4 N–H and O–H groups in total. The van der Waals surface area contributed by atoms with Gasteiger partial charge in [-0.25, -0.2) is 14.2 Å². The minimum atomic E-state index is -1.05. The number of anilines is 1. The number of thiazole rings is 1. The molecule has 1 aromatic rings. The van der Waals surface area contributed by atoms with Gasteiger partial charge in [0.1, 0.15) is 17.1 Å². The number of carbonyl (C=O) groups excluding carboxylic acids is 2. The minimum absolute atomic E-state index is 0.0919. The van der Waals surface area contributed by atoms with Gasteiger partial charge in [-0.1, -0.05) is 0 Å². The number of nitrogens with zero attached hydrogens (tertiary/aromatic N) is 3. The topological polar surface area (TPSA) is 138 Å². The lowest BCUT2D eigenvalue weighted by Crippen LogP contribution is -2.69. The fraction of sp³-hybridized carbons (Fsp3) is 0.308. The normalized spacial score (nSPS) is 22.8. The number of nitrogens with one attached hydrogen (secondary N) is 1. The Balaban J connectivity index is 1.73. The number of carbonyl (C=O) groups is 3. The van der Waals surface area contributed by atoms with E-state index in [1.807, 2.05) is 0 Å². The number of rotatable bonds is 5. The van der Waals surface area contributed by atoms with Crippen LogP contribution in [0, 0.1) is 0 Å². The van der Waals surface area contributed by atoms with Gasteiger partial charge in [0.2, 0.25) is 0 Å². The lowest BCUT2D eigenvalue weighted by molar-refractivity contribution is -0.144. The molecule has 9 nitrogen and oxygen atoms in total. The van der Waals surface area contributed by atoms with Gasteiger partial charge < -0.3 is 21.1 Å². The van der Waals surface area contributed by atoms with E-state index in [0.717, 1.165) is 11.9 Å². The van der Waals surface area contributed by atoms with E-state index >= 15 is 0 Å². The zero-order valence-electron chi connectivity index (χ0n) is 12.8. The van der Waals surface area contributed by atoms with Crippen LogP contribution in [0.4, 0.5) is 5.13 Å². The van der Waals surface area contributed by atoms with Gasteiger partial charge in [0.05, 0.1) is 5.57 Å². The van der Waals surface area contributed by atoms with Crippen LogP contribution in [-0.2, 0) is 14.4 Å². The van der Waals surface area contributed by atoms with Crippen LogP contribution < -0.4 is 11.1 Å².